The number of nitrogens with zero attached hydrogens (tertiary/aromatic N) is 1. The lowest BCUT2D eigenvalue weighted by Gasteiger charge is -2.25. The lowest BCUT2D eigenvalue weighted by molar-refractivity contribution is -0.139. The number of aliphatic hydroxyl groups is 1. The molecule has 0 aromatic heterocycles. The van der Waals surface area contributed by atoms with Crippen molar-refractivity contribution in [1.29, 1.82) is 0 Å². The Morgan fingerprint density at radius 2 is 1.38 bits per heavy atom. The van der Waals surface area contributed by atoms with Crippen LogP contribution in [-0.4, -0.2) is 41.5 Å². The molecule has 0 bridgehead atoms. The molecular weight excluding hydrogens is 406 g/mol. The monoisotopic (exact) mass is 437 g/mol. The Morgan fingerprint density at radius 1 is 0.844 bits per heavy atom. The van der Waals surface area contributed by atoms with Crippen molar-refractivity contribution in [3.63, 3.8) is 0 Å². The van der Waals surface area contributed by atoms with Crippen LogP contribution in [0.3, 0.4) is 0 Å². The van der Waals surface area contributed by atoms with Crippen molar-refractivity contribution in [3.8, 4) is 11.5 Å². The molecule has 1 aliphatic rings. The van der Waals surface area contributed by atoms with Crippen molar-refractivity contribution in [2.24, 2.45) is 0 Å². The van der Waals surface area contributed by atoms with E-state index >= 15 is 0 Å². The van der Waals surface area contributed by atoms with Crippen molar-refractivity contribution < 1.29 is 24.2 Å². The van der Waals surface area contributed by atoms with Crippen LogP contribution in [0.15, 0.2) is 54.1 Å². The van der Waals surface area contributed by atoms with Gasteiger partial charge in [0.2, 0.25) is 0 Å². The van der Waals surface area contributed by atoms with Gasteiger partial charge in [-0.25, -0.2) is 0 Å². The predicted octanol–water partition coefficient (Wildman–Crippen LogP) is 5.10. The second-order valence-corrected chi connectivity index (χ2v) is 7.78. The fraction of sp³-hybridized carbons (Fsp3) is 0.385. The maximum atomic E-state index is 12.9. The minimum Gasteiger partial charge on any atom is -0.507 e. The highest BCUT2D eigenvalue weighted by atomic mass is 16.5. The molecule has 32 heavy (non-hydrogen) atoms. The molecule has 6 heteroatoms. The van der Waals surface area contributed by atoms with E-state index in [0.717, 1.165) is 24.2 Å². The van der Waals surface area contributed by atoms with Gasteiger partial charge in [0, 0.05) is 12.1 Å². The Bertz CT molecular complexity index is 963. The number of carbonyl (C=O) groups excluding carboxylic acids is 2. The third-order valence-electron chi connectivity index (χ3n) is 5.27. The Kier molecular flexibility index (Phi) is 7.92. The topological polar surface area (TPSA) is 76.1 Å². The summed E-state index contributed by atoms with van der Waals surface area (Å²) in [6.07, 6.45) is 2.50. The van der Waals surface area contributed by atoms with Crippen molar-refractivity contribution in [3.05, 3.63) is 65.2 Å². The molecule has 1 fully saturated rings. The standard InChI is InChI=1S/C26H31NO5/c1-4-15-27-23(18-7-11-20(12-8-18)31-16-5-2)22(25(29)26(27)30)24(28)19-9-13-21(14-10-19)32-17-6-3/h7-14,23,28H,4-6,15-17H2,1-3H3/b24-22-. The third-order valence-corrected chi connectivity index (χ3v) is 5.27. The molecule has 0 radical (unpaired) electrons. The van der Waals surface area contributed by atoms with Gasteiger partial charge < -0.3 is 19.5 Å². The first-order chi connectivity index (χ1) is 15.5. The van der Waals surface area contributed by atoms with Crippen molar-refractivity contribution >= 4 is 17.4 Å². The van der Waals surface area contributed by atoms with E-state index in [1.54, 1.807) is 24.3 Å². The number of benzene rings is 2. The van der Waals surface area contributed by atoms with Gasteiger partial charge in [-0.15, -0.1) is 0 Å². The predicted molar refractivity (Wildman–Crippen MR) is 124 cm³/mol. The Labute approximate surface area is 189 Å². The van der Waals surface area contributed by atoms with Crippen LogP contribution in [0.25, 0.3) is 5.76 Å². The van der Waals surface area contributed by atoms with Gasteiger partial charge >= 0.3 is 0 Å². The van der Waals surface area contributed by atoms with Gasteiger partial charge in [0.1, 0.15) is 17.3 Å². The van der Waals surface area contributed by atoms with Crippen molar-refractivity contribution in [2.45, 2.75) is 46.1 Å². The SMILES string of the molecule is CCCOc1ccc(/C(O)=C2/C(=O)C(=O)N(CCC)C2c2ccc(OCCC)cc2)cc1. The van der Waals surface area contributed by atoms with Gasteiger partial charge in [-0.3, -0.25) is 9.59 Å². The van der Waals surface area contributed by atoms with Crippen LogP contribution in [-0.2, 0) is 9.59 Å². The van der Waals surface area contributed by atoms with E-state index in [-0.39, 0.29) is 11.3 Å². The van der Waals surface area contributed by atoms with Crippen LogP contribution in [0.5, 0.6) is 11.5 Å². The fourth-order valence-corrected chi connectivity index (χ4v) is 3.75. The summed E-state index contributed by atoms with van der Waals surface area (Å²) < 4.78 is 11.2. The second-order valence-electron chi connectivity index (χ2n) is 7.78. The molecule has 1 heterocycles. The van der Waals surface area contributed by atoms with Crippen molar-refractivity contribution in [1.82, 2.24) is 4.90 Å². The highest BCUT2D eigenvalue weighted by molar-refractivity contribution is 6.46. The van der Waals surface area contributed by atoms with E-state index < -0.39 is 17.7 Å². The number of amides is 1. The Balaban J connectivity index is 2.00. The van der Waals surface area contributed by atoms with Gasteiger partial charge in [0.25, 0.3) is 11.7 Å². The maximum absolute atomic E-state index is 12.9. The number of hydrogen-bond acceptors (Lipinski definition) is 5. The van der Waals surface area contributed by atoms with Gasteiger partial charge in [0.15, 0.2) is 0 Å². The smallest absolute Gasteiger partial charge is 0.295 e. The summed E-state index contributed by atoms with van der Waals surface area (Å²) in [5, 5.41) is 11.1. The number of Topliss-reactive ketones (excluding diaryl/α,β-unsaturated/α-hetero) is 1. The molecule has 1 amide bonds. The summed E-state index contributed by atoms with van der Waals surface area (Å²) in [7, 11) is 0. The number of likely N-dealkylation sites (tertiary alicyclic amines) is 1. The summed E-state index contributed by atoms with van der Waals surface area (Å²) in [6, 6.07) is 13.6. The van der Waals surface area contributed by atoms with Crippen LogP contribution >= 0.6 is 0 Å². The summed E-state index contributed by atoms with van der Waals surface area (Å²) in [6.45, 7) is 7.65. The Hall–Kier alpha value is -3.28. The highest BCUT2D eigenvalue weighted by Gasteiger charge is 2.45. The quantitative estimate of drug-likeness (QED) is 0.318. The minimum absolute atomic E-state index is 0.105. The van der Waals surface area contributed by atoms with E-state index in [2.05, 4.69) is 0 Å². The summed E-state index contributed by atoms with van der Waals surface area (Å²) in [5.74, 6) is -0.0220. The average Bonchev–Trinajstić information content (AvgIpc) is 3.07. The zero-order valence-electron chi connectivity index (χ0n) is 19.0. The van der Waals surface area contributed by atoms with E-state index in [1.807, 2.05) is 45.0 Å². The normalized spacial score (nSPS) is 17.6. The third kappa shape index (κ3) is 4.96. The number of hydrogen-bond donors (Lipinski definition) is 1. The molecule has 0 saturated carbocycles. The molecule has 1 aliphatic heterocycles. The average molecular weight is 438 g/mol. The number of ether oxygens (including phenoxy) is 2. The van der Waals surface area contributed by atoms with E-state index in [1.165, 1.54) is 4.90 Å². The minimum atomic E-state index is -0.668. The molecular formula is C26H31NO5. The zero-order valence-corrected chi connectivity index (χ0v) is 19.0. The molecule has 0 aliphatic carbocycles. The second kappa shape index (κ2) is 10.8. The summed E-state index contributed by atoms with van der Waals surface area (Å²) in [5.41, 5.74) is 1.33. The van der Waals surface area contributed by atoms with Gasteiger partial charge in [-0.05, 0) is 61.2 Å². The number of ketones is 1. The van der Waals surface area contributed by atoms with Crippen molar-refractivity contribution in [2.75, 3.05) is 19.8 Å². The molecule has 1 atom stereocenters. The fourth-order valence-electron chi connectivity index (χ4n) is 3.75. The van der Waals surface area contributed by atoms with Gasteiger partial charge in [-0.2, -0.15) is 0 Å². The van der Waals surface area contributed by atoms with Crippen LogP contribution in [0, 0.1) is 0 Å². The summed E-state index contributed by atoms with van der Waals surface area (Å²) >= 11 is 0. The molecule has 1 unspecified atom stereocenters. The van der Waals surface area contributed by atoms with Gasteiger partial charge in [0.05, 0.1) is 24.8 Å². The van der Waals surface area contributed by atoms with Crippen LogP contribution in [0.4, 0.5) is 0 Å². The molecule has 2 aromatic rings. The molecule has 170 valence electrons. The molecule has 3 rings (SSSR count). The van der Waals surface area contributed by atoms with Crippen LogP contribution in [0.1, 0.15) is 57.2 Å². The Morgan fingerprint density at radius 3 is 1.88 bits per heavy atom. The lowest BCUT2D eigenvalue weighted by Crippen LogP contribution is -2.30. The van der Waals surface area contributed by atoms with Crippen LogP contribution in [0.2, 0.25) is 0 Å². The first-order valence-electron chi connectivity index (χ1n) is 11.3. The molecule has 2 aromatic carbocycles. The number of carbonyl (C=O) groups is 2. The lowest BCUT2D eigenvalue weighted by atomic mass is 9.95. The number of aliphatic hydroxyl groups excluding tert-OH is 1. The largest absolute Gasteiger partial charge is 0.507 e. The van der Waals surface area contributed by atoms with E-state index in [9.17, 15) is 14.7 Å². The molecule has 6 nitrogen and oxygen atoms in total. The molecule has 1 saturated heterocycles. The molecule has 0 spiro atoms. The zero-order chi connectivity index (χ0) is 23.1. The van der Waals surface area contributed by atoms with E-state index in [4.69, 9.17) is 9.47 Å². The molecule has 1 N–H and O–H groups in total. The maximum Gasteiger partial charge on any atom is 0.295 e. The first-order valence-corrected chi connectivity index (χ1v) is 11.3. The highest BCUT2D eigenvalue weighted by Crippen LogP contribution is 2.40. The van der Waals surface area contributed by atoms with E-state index in [0.29, 0.717) is 37.5 Å². The number of rotatable bonds is 10. The van der Waals surface area contributed by atoms with Crippen LogP contribution < -0.4 is 9.47 Å². The van der Waals surface area contributed by atoms with Gasteiger partial charge in [-0.1, -0.05) is 32.9 Å². The first kappa shape index (κ1) is 23.4. The summed E-state index contributed by atoms with van der Waals surface area (Å²) in [4.78, 5) is 27.3.